The Morgan fingerprint density at radius 1 is 1.65 bits per heavy atom. The number of amides is 1. The number of pyridine rings is 1. The van der Waals surface area contributed by atoms with Gasteiger partial charge in [0.25, 0.3) is 5.91 Å². The van der Waals surface area contributed by atoms with Crippen molar-refractivity contribution < 1.29 is 9.53 Å². The highest BCUT2D eigenvalue weighted by atomic mass is 35.5. The molecule has 1 heterocycles. The molecule has 0 bridgehead atoms. The summed E-state index contributed by atoms with van der Waals surface area (Å²) < 4.78 is 4.95. The van der Waals surface area contributed by atoms with Gasteiger partial charge in [-0.25, -0.2) is 0 Å². The lowest BCUT2D eigenvalue weighted by atomic mass is 10.1. The van der Waals surface area contributed by atoms with Crippen molar-refractivity contribution >= 4 is 18.3 Å². The van der Waals surface area contributed by atoms with Gasteiger partial charge in [-0.05, 0) is 18.6 Å². The van der Waals surface area contributed by atoms with Gasteiger partial charge in [-0.1, -0.05) is 6.07 Å². The van der Waals surface area contributed by atoms with Crippen LogP contribution in [0.4, 0.5) is 0 Å². The lowest BCUT2D eigenvalue weighted by molar-refractivity contribution is -0.131. The molecule has 17 heavy (non-hydrogen) atoms. The van der Waals surface area contributed by atoms with Crippen molar-refractivity contribution in [1.29, 1.82) is 0 Å². The predicted octanol–water partition coefficient (Wildman–Crippen LogP) is 0.654. The fourth-order valence-electron chi connectivity index (χ4n) is 1.33. The molecule has 0 aliphatic heterocycles. The van der Waals surface area contributed by atoms with Gasteiger partial charge in [0, 0.05) is 26.0 Å². The van der Waals surface area contributed by atoms with Gasteiger partial charge in [-0.15, -0.1) is 12.4 Å². The quantitative estimate of drug-likeness (QED) is 0.814. The molecule has 0 saturated carbocycles. The third-order valence-electron chi connectivity index (χ3n) is 2.33. The highest BCUT2D eigenvalue weighted by Gasteiger charge is 2.18. The molecule has 2 atom stereocenters. The highest BCUT2D eigenvalue weighted by Crippen LogP contribution is 2.09. The summed E-state index contributed by atoms with van der Waals surface area (Å²) in [6.45, 7) is 2.06. The van der Waals surface area contributed by atoms with Crippen LogP contribution in [-0.4, -0.2) is 30.6 Å². The van der Waals surface area contributed by atoms with Crippen LogP contribution in [0, 0.1) is 0 Å². The smallest absolute Gasteiger partial charge is 0.250 e. The normalized spacial score (nSPS) is 13.4. The van der Waals surface area contributed by atoms with E-state index in [2.05, 4.69) is 10.3 Å². The van der Waals surface area contributed by atoms with E-state index in [1.165, 1.54) is 7.11 Å². The van der Waals surface area contributed by atoms with Crippen LogP contribution in [0.15, 0.2) is 24.5 Å². The molecule has 96 valence electrons. The zero-order valence-corrected chi connectivity index (χ0v) is 10.7. The van der Waals surface area contributed by atoms with Gasteiger partial charge < -0.3 is 15.8 Å². The Balaban J connectivity index is 0.00000256. The van der Waals surface area contributed by atoms with E-state index in [4.69, 9.17) is 10.5 Å². The van der Waals surface area contributed by atoms with Crippen LogP contribution in [0.25, 0.3) is 0 Å². The Kier molecular flexibility index (Phi) is 7.45. The molecular formula is C11H18ClN3O2. The molecular weight excluding hydrogens is 242 g/mol. The summed E-state index contributed by atoms with van der Waals surface area (Å²) >= 11 is 0. The summed E-state index contributed by atoms with van der Waals surface area (Å²) in [6.07, 6.45) is 2.81. The first-order chi connectivity index (χ1) is 7.69. The lowest BCUT2D eigenvalue weighted by Crippen LogP contribution is -2.41. The number of ether oxygens (including phenoxy) is 1. The molecule has 0 spiro atoms. The van der Waals surface area contributed by atoms with Crippen LogP contribution in [0.5, 0.6) is 0 Å². The summed E-state index contributed by atoms with van der Waals surface area (Å²) in [4.78, 5) is 15.6. The second kappa shape index (κ2) is 8.00. The number of carbonyl (C=O) groups excluding carboxylic acids is 1. The minimum Gasteiger partial charge on any atom is -0.370 e. The van der Waals surface area contributed by atoms with Crippen molar-refractivity contribution in [2.75, 3.05) is 13.7 Å². The van der Waals surface area contributed by atoms with Gasteiger partial charge in [0.15, 0.2) is 0 Å². The highest BCUT2D eigenvalue weighted by molar-refractivity contribution is 5.85. The third kappa shape index (κ3) is 4.68. The summed E-state index contributed by atoms with van der Waals surface area (Å²) in [7, 11) is 1.46. The van der Waals surface area contributed by atoms with Crippen molar-refractivity contribution in [3.8, 4) is 0 Å². The topological polar surface area (TPSA) is 77.2 Å². The maximum absolute atomic E-state index is 11.7. The van der Waals surface area contributed by atoms with Crippen molar-refractivity contribution in [2.45, 2.75) is 19.1 Å². The number of halogens is 1. The predicted molar refractivity (Wildman–Crippen MR) is 67.9 cm³/mol. The number of hydrogen-bond acceptors (Lipinski definition) is 4. The number of nitrogens with two attached hydrogens (primary N) is 1. The van der Waals surface area contributed by atoms with E-state index in [0.29, 0.717) is 0 Å². The zero-order valence-electron chi connectivity index (χ0n) is 9.92. The molecule has 0 fully saturated rings. The molecule has 0 radical (unpaired) electrons. The minimum absolute atomic E-state index is 0. The van der Waals surface area contributed by atoms with Crippen LogP contribution in [-0.2, 0) is 9.53 Å². The Bertz CT molecular complexity index is 331. The molecule has 1 aromatic rings. The Hall–Kier alpha value is -1.17. The first kappa shape index (κ1) is 15.8. The monoisotopic (exact) mass is 259 g/mol. The summed E-state index contributed by atoms with van der Waals surface area (Å²) in [5.74, 6) is -0.207. The fourth-order valence-corrected chi connectivity index (χ4v) is 1.33. The lowest BCUT2D eigenvalue weighted by Gasteiger charge is -2.18. The van der Waals surface area contributed by atoms with E-state index >= 15 is 0 Å². The second-order valence-corrected chi connectivity index (χ2v) is 3.48. The molecule has 5 nitrogen and oxygen atoms in total. The number of rotatable bonds is 5. The Labute approximate surface area is 107 Å². The number of hydrogen-bond donors (Lipinski definition) is 2. The first-order valence-electron chi connectivity index (χ1n) is 5.12. The molecule has 0 aromatic carbocycles. The van der Waals surface area contributed by atoms with E-state index in [0.717, 1.165) is 5.56 Å². The molecule has 1 amide bonds. The van der Waals surface area contributed by atoms with Crippen LogP contribution in [0.3, 0.4) is 0 Å². The largest absolute Gasteiger partial charge is 0.370 e. The van der Waals surface area contributed by atoms with E-state index in [-0.39, 0.29) is 30.9 Å². The zero-order chi connectivity index (χ0) is 12.0. The van der Waals surface area contributed by atoms with Crippen LogP contribution < -0.4 is 11.1 Å². The number of nitrogens with one attached hydrogen (secondary N) is 1. The van der Waals surface area contributed by atoms with Crippen LogP contribution in [0.1, 0.15) is 18.5 Å². The molecule has 1 rings (SSSR count). The standard InChI is InChI=1S/C11H17N3O2.ClH/c1-8(9-4-3-5-13-7-9)14-11(15)10(6-12)16-2;/h3-5,7-8,10H,6,12H2,1-2H3,(H,14,15);1H. The number of carbonyl (C=O) groups is 1. The summed E-state index contributed by atoms with van der Waals surface area (Å²) in [6, 6.07) is 3.63. The molecule has 3 N–H and O–H groups in total. The number of methoxy groups -OCH3 is 1. The fraction of sp³-hybridized carbons (Fsp3) is 0.455. The molecule has 6 heteroatoms. The SMILES string of the molecule is COC(CN)C(=O)NC(C)c1cccnc1.Cl. The first-order valence-corrected chi connectivity index (χ1v) is 5.12. The Morgan fingerprint density at radius 3 is 2.82 bits per heavy atom. The van der Waals surface area contributed by atoms with E-state index in [9.17, 15) is 4.79 Å². The average Bonchev–Trinajstić information content (AvgIpc) is 2.31. The molecule has 0 aliphatic carbocycles. The molecule has 1 aromatic heterocycles. The van der Waals surface area contributed by atoms with Crippen molar-refractivity contribution in [3.63, 3.8) is 0 Å². The third-order valence-corrected chi connectivity index (χ3v) is 2.33. The van der Waals surface area contributed by atoms with Gasteiger partial charge in [0.1, 0.15) is 6.10 Å². The summed E-state index contributed by atoms with van der Waals surface area (Å²) in [5, 5.41) is 2.81. The summed E-state index contributed by atoms with van der Waals surface area (Å²) in [5.41, 5.74) is 6.35. The van der Waals surface area contributed by atoms with Gasteiger partial charge in [0.2, 0.25) is 0 Å². The van der Waals surface area contributed by atoms with Gasteiger partial charge >= 0.3 is 0 Å². The van der Waals surface area contributed by atoms with Gasteiger partial charge in [-0.2, -0.15) is 0 Å². The Morgan fingerprint density at radius 2 is 2.35 bits per heavy atom. The molecule has 0 saturated heterocycles. The molecule has 0 aliphatic rings. The van der Waals surface area contributed by atoms with Gasteiger partial charge in [0.05, 0.1) is 6.04 Å². The maximum Gasteiger partial charge on any atom is 0.250 e. The minimum atomic E-state index is -0.598. The number of nitrogens with zero attached hydrogens (tertiary/aromatic N) is 1. The average molecular weight is 260 g/mol. The van der Waals surface area contributed by atoms with E-state index in [1.54, 1.807) is 12.4 Å². The van der Waals surface area contributed by atoms with Crippen molar-refractivity contribution in [2.24, 2.45) is 5.73 Å². The maximum atomic E-state index is 11.7. The van der Waals surface area contributed by atoms with E-state index in [1.807, 2.05) is 19.1 Å². The van der Waals surface area contributed by atoms with Crippen LogP contribution in [0.2, 0.25) is 0 Å². The molecule has 2 unspecified atom stereocenters. The van der Waals surface area contributed by atoms with Crippen molar-refractivity contribution in [1.82, 2.24) is 10.3 Å². The van der Waals surface area contributed by atoms with Crippen molar-refractivity contribution in [3.05, 3.63) is 30.1 Å². The van der Waals surface area contributed by atoms with E-state index < -0.39 is 6.10 Å². The van der Waals surface area contributed by atoms with Crippen LogP contribution >= 0.6 is 12.4 Å². The van der Waals surface area contributed by atoms with Gasteiger partial charge in [-0.3, -0.25) is 9.78 Å². The second-order valence-electron chi connectivity index (χ2n) is 3.48. The number of aromatic nitrogens is 1.